The van der Waals surface area contributed by atoms with Crippen molar-refractivity contribution in [3.05, 3.63) is 53.1 Å². The van der Waals surface area contributed by atoms with Gasteiger partial charge in [-0.1, -0.05) is 47.6 Å². The van der Waals surface area contributed by atoms with Gasteiger partial charge in [0, 0.05) is 0 Å². The molecule has 0 atom stereocenters. The number of rotatable bonds is 3. The van der Waals surface area contributed by atoms with E-state index in [1.165, 1.54) is 11.1 Å². The highest BCUT2D eigenvalue weighted by Gasteiger charge is 2.10. The third-order valence-corrected chi connectivity index (χ3v) is 2.79. The Morgan fingerprint density at radius 1 is 1.00 bits per heavy atom. The summed E-state index contributed by atoms with van der Waals surface area (Å²) in [5.74, 6) is 0. The molecule has 2 rings (SSSR count). The van der Waals surface area contributed by atoms with Gasteiger partial charge in [-0.25, -0.2) is 0 Å². The fraction of sp³-hybridized carbons (Fsp3) is 0.214. The Labute approximate surface area is 95.6 Å². The lowest BCUT2D eigenvalue weighted by Crippen LogP contribution is -1.82. The molecule has 1 aromatic rings. The van der Waals surface area contributed by atoms with Gasteiger partial charge in [-0.3, -0.25) is 0 Å². The summed E-state index contributed by atoms with van der Waals surface area (Å²) in [6.07, 6.45) is 9.02. The second kappa shape index (κ2) is 5.31. The standard InChI is InChI=1S/C14H15NO/c16-15-11-14-8-4-7-13(14)10-9-12-5-2-1-3-6-12/h1-3,5-6,9-11,16H,4,7-8H2/b10-9+,15-11-. The summed E-state index contributed by atoms with van der Waals surface area (Å²) in [7, 11) is 0. The van der Waals surface area contributed by atoms with Crippen molar-refractivity contribution in [3.63, 3.8) is 0 Å². The first kappa shape index (κ1) is 10.7. The van der Waals surface area contributed by atoms with E-state index in [4.69, 9.17) is 5.21 Å². The van der Waals surface area contributed by atoms with Crippen molar-refractivity contribution in [2.24, 2.45) is 5.16 Å². The molecule has 0 spiro atoms. The third-order valence-electron chi connectivity index (χ3n) is 2.79. The van der Waals surface area contributed by atoms with Crippen molar-refractivity contribution in [1.29, 1.82) is 0 Å². The number of hydrogen-bond donors (Lipinski definition) is 1. The van der Waals surface area contributed by atoms with Crippen LogP contribution in [0.5, 0.6) is 0 Å². The molecule has 0 saturated carbocycles. The van der Waals surface area contributed by atoms with E-state index in [9.17, 15) is 0 Å². The molecule has 0 bridgehead atoms. The zero-order chi connectivity index (χ0) is 11.2. The van der Waals surface area contributed by atoms with E-state index in [0.29, 0.717) is 0 Å². The van der Waals surface area contributed by atoms with Crippen LogP contribution in [0.15, 0.2) is 52.7 Å². The minimum absolute atomic E-state index is 1.01. The predicted octanol–water partition coefficient (Wildman–Crippen LogP) is 3.64. The molecule has 2 heteroatoms. The Hall–Kier alpha value is -1.83. The largest absolute Gasteiger partial charge is 0.411 e. The Bertz CT molecular complexity index is 429. The molecule has 1 aliphatic carbocycles. The molecule has 0 unspecified atom stereocenters. The van der Waals surface area contributed by atoms with Crippen molar-refractivity contribution < 1.29 is 5.21 Å². The van der Waals surface area contributed by atoms with Gasteiger partial charge in [0.2, 0.25) is 0 Å². The molecule has 1 N–H and O–H groups in total. The highest BCUT2D eigenvalue weighted by Crippen LogP contribution is 2.26. The molecule has 0 radical (unpaired) electrons. The van der Waals surface area contributed by atoms with E-state index in [2.05, 4.69) is 29.4 Å². The Balaban J connectivity index is 2.15. The fourth-order valence-electron chi connectivity index (χ4n) is 1.96. The fourth-order valence-corrected chi connectivity index (χ4v) is 1.96. The minimum atomic E-state index is 1.01. The molecular formula is C14H15NO. The highest BCUT2D eigenvalue weighted by atomic mass is 16.4. The first-order valence-electron chi connectivity index (χ1n) is 5.53. The van der Waals surface area contributed by atoms with Gasteiger partial charge in [-0.15, -0.1) is 0 Å². The zero-order valence-corrected chi connectivity index (χ0v) is 9.13. The summed E-state index contributed by atoms with van der Waals surface area (Å²) >= 11 is 0. The van der Waals surface area contributed by atoms with Gasteiger partial charge in [0.1, 0.15) is 0 Å². The summed E-state index contributed by atoms with van der Waals surface area (Å²) < 4.78 is 0. The van der Waals surface area contributed by atoms with Gasteiger partial charge >= 0.3 is 0 Å². The van der Waals surface area contributed by atoms with Gasteiger partial charge < -0.3 is 5.21 Å². The quantitative estimate of drug-likeness (QED) is 0.464. The number of benzene rings is 1. The monoisotopic (exact) mass is 213 g/mol. The van der Waals surface area contributed by atoms with Crippen molar-refractivity contribution in [1.82, 2.24) is 0 Å². The number of oxime groups is 1. The SMILES string of the molecule is O/N=C\C1=C(/C=C/c2ccccc2)CCC1. The van der Waals surface area contributed by atoms with Gasteiger partial charge in [0.15, 0.2) is 0 Å². The minimum Gasteiger partial charge on any atom is -0.411 e. The van der Waals surface area contributed by atoms with Crippen molar-refractivity contribution in [2.45, 2.75) is 19.3 Å². The van der Waals surface area contributed by atoms with Crippen LogP contribution in [0.4, 0.5) is 0 Å². The maximum absolute atomic E-state index is 8.54. The molecule has 0 amide bonds. The Kier molecular flexibility index (Phi) is 3.54. The van der Waals surface area contributed by atoms with Crippen LogP contribution in [-0.4, -0.2) is 11.4 Å². The molecule has 0 fully saturated rings. The average Bonchev–Trinajstić information content (AvgIpc) is 2.76. The molecular weight excluding hydrogens is 198 g/mol. The summed E-state index contributed by atoms with van der Waals surface area (Å²) in [4.78, 5) is 0. The normalized spacial score (nSPS) is 16.8. The van der Waals surface area contributed by atoms with Gasteiger partial charge in [0.25, 0.3) is 0 Å². The molecule has 0 aliphatic heterocycles. The summed E-state index contributed by atoms with van der Waals surface area (Å²) in [5, 5.41) is 11.6. The highest BCUT2D eigenvalue weighted by molar-refractivity contribution is 5.81. The van der Waals surface area contributed by atoms with Crippen LogP contribution in [0.2, 0.25) is 0 Å². The number of allylic oxidation sites excluding steroid dienone is 3. The van der Waals surface area contributed by atoms with Crippen LogP contribution in [0.3, 0.4) is 0 Å². The molecule has 0 saturated heterocycles. The van der Waals surface area contributed by atoms with Crippen LogP contribution in [0, 0.1) is 0 Å². The summed E-state index contributed by atoms with van der Waals surface area (Å²) in [6.45, 7) is 0. The summed E-state index contributed by atoms with van der Waals surface area (Å²) in [5.41, 5.74) is 3.62. The van der Waals surface area contributed by atoms with Gasteiger partial charge in [0.05, 0.1) is 6.21 Å². The third kappa shape index (κ3) is 2.60. The number of nitrogens with zero attached hydrogens (tertiary/aromatic N) is 1. The smallest absolute Gasteiger partial charge is 0.0696 e. The molecule has 0 aromatic heterocycles. The van der Waals surface area contributed by atoms with Crippen LogP contribution >= 0.6 is 0 Å². The molecule has 82 valence electrons. The average molecular weight is 213 g/mol. The lowest BCUT2D eigenvalue weighted by atomic mass is 10.1. The van der Waals surface area contributed by atoms with Crippen LogP contribution in [0.1, 0.15) is 24.8 Å². The van der Waals surface area contributed by atoms with Crippen molar-refractivity contribution >= 4 is 12.3 Å². The lowest BCUT2D eigenvalue weighted by molar-refractivity contribution is 0.321. The van der Waals surface area contributed by atoms with Crippen molar-refractivity contribution in [3.8, 4) is 0 Å². The van der Waals surface area contributed by atoms with Gasteiger partial charge in [-0.05, 0) is 36.0 Å². The Morgan fingerprint density at radius 3 is 2.50 bits per heavy atom. The van der Waals surface area contributed by atoms with E-state index in [1.54, 1.807) is 6.21 Å². The number of hydrogen-bond acceptors (Lipinski definition) is 2. The molecule has 1 aromatic carbocycles. The summed E-state index contributed by atoms with van der Waals surface area (Å²) in [6, 6.07) is 10.2. The van der Waals surface area contributed by atoms with E-state index in [-0.39, 0.29) is 0 Å². The lowest BCUT2D eigenvalue weighted by Gasteiger charge is -1.96. The van der Waals surface area contributed by atoms with E-state index in [1.807, 2.05) is 18.2 Å². The molecule has 1 aliphatic rings. The first-order chi connectivity index (χ1) is 7.90. The van der Waals surface area contributed by atoms with E-state index >= 15 is 0 Å². The topological polar surface area (TPSA) is 32.6 Å². The van der Waals surface area contributed by atoms with Crippen LogP contribution in [0.25, 0.3) is 6.08 Å². The first-order valence-corrected chi connectivity index (χ1v) is 5.53. The van der Waals surface area contributed by atoms with E-state index < -0.39 is 0 Å². The second-order valence-corrected chi connectivity index (χ2v) is 3.89. The van der Waals surface area contributed by atoms with Crippen molar-refractivity contribution in [2.75, 3.05) is 0 Å². The van der Waals surface area contributed by atoms with Gasteiger partial charge in [-0.2, -0.15) is 0 Å². The maximum atomic E-state index is 8.54. The zero-order valence-electron chi connectivity index (χ0n) is 9.13. The molecule has 0 heterocycles. The van der Waals surface area contributed by atoms with Crippen LogP contribution in [-0.2, 0) is 0 Å². The second-order valence-electron chi connectivity index (χ2n) is 3.89. The molecule has 16 heavy (non-hydrogen) atoms. The van der Waals surface area contributed by atoms with E-state index in [0.717, 1.165) is 24.8 Å². The predicted molar refractivity (Wildman–Crippen MR) is 66.6 cm³/mol. The van der Waals surface area contributed by atoms with Crippen LogP contribution < -0.4 is 0 Å². The maximum Gasteiger partial charge on any atom is 0.0696 e. The Morgan fingerprint density at radius 2 is 1.75 bits per heavy atom. The molecule has 2 nitrogen and oxygen atoms in total.